The molecule has 0 N–H and O–H groups in total. The summed E-state index contributed by atoms with van der Waals surface area (Å²) in [6, 6.07) is 10.3. The van der Waals surface area contributed by atoms with Gasteiger partial charge in [0.2, 0.25) is 0 Å². The SMILES string of the molecule is c1ccc(-c2ncc(Cn3ccnc3[C@@H]3CCOC3)s2)cc1. The van der Waals surface area contributed by atoms with Crippen LogP contribution in [-0.4, -0.2) is 27.7 Å². The van der Waals surface area contributed by atoms with E-state index in [2.05, 4.69) is 32.9 Å². The van der Waals surface area contributed by atoms with Crippen molar-refractivity contribution < 1.29 is 4.74 Å². The first-order chi connectivity index (χ1) is 10.9. The lowest BCUT2D eigenvalue weighted by Gasteiger charge is -2.10. The first kappa shape index (κ1) is 13.7. The number of thiazole rings is 1. The van der Waals surface area contributed by atoms with E-state index in [-0.39, 0.29) is 0 Å². The van der Waals surface area contributed by atoms with Gasteiger partial charge in [0, 0.05) is 41.6 Å². The number of benzene rings is 1. The summed E-state index contributed by atoms with van der Waals surface area (Å²) in [5.74, 6) is 1.56. The van der Waals surface area contributed by atoms with Crippen molar-refractivity contribution in [1.29, 1.82) is 0 Å². The van der Waals surface area contributed by atoms with Crippen molar-refractivity contribution in [3.05, 3.63) is 59.6 Å². The summed E-state index contributed by atoms with van der Waals surface area (Å²) in [5.41, 5.74) is 1.17. The van der Waals surface area contributed by atoms with Gasteiger partial charge >= 0.3 is 0 Å². The number of nitrogens with zero attached hydrogens (tertiary/aromatic N) is 3. The summed E-state index contributed by atoms with van der Waals surface area (Å²) in [4.78, 5) is 10.3. The van der Waals surface area contributed by atoms with Crippen molar-refractivity contribution in [3.63, 3.8) is 0 Å². The second-order valence-corrected chi connectivity index (χ2v) is 6.59. The van der Waals surface area contributed by atoms with E-state index in [0.717, 1.165) is 37.0 Å². The predicted octanol–water partition coefficient (Wildman–Crippen LogP) is 3.56. The molecule has 22 heavy (non-hydrogen) atoms. The van der Waals surface area contributed by atoms with E-state index in [0.29, 0.717) is 5.92 Å². The number of hydrogen-bond donors (Lipinski definition) is 0. The van der Waals surface area contributed by atoms with Gasteiger partial charge in [0.15, 0.2) is 0 Å². The molecule has 1 aromatic carbocycles. The lowest BCUT2D eigenvalue weighted by Crippen LogP contribution is -2.09. The molecule has 3 heterocycles. The minimum atomic E-state index is 0.427. The molecule has 0 bridgehead atoms. The lowest BCUT2D eigenvalue weighted by atomic mass is 10.1. The van der Waals surface area contributed by atoms with Crippen LogP contribution in [0.1, 0.15) is 23.0 Å². The van der Waals surface area contributed by atoms with Gasteiger partial charge in [0.05, 0.1) is 13.2 Å². The minimum Gasteiger partial charge on any atom is -0.381 e. The summed E-state index contributed by atoms with van der Waals surface area (Å²) in [6.45, 7) is 2.46. The molecule has 2 aromatic heterocycles. The predicted molar refractivity (Wildman–Crippen MR) is 87.1 cm³/mol. The zero-order valence-corrected chi connectivity index (χ0v) is 13.0. The Morgan fingerprint density at radius 2 is 2.14 bits per heavy atom. The van der Waals surface area contributed by atoms with E-state index in [1.165, 1.54) is 10.4 Å². The fraction of sp³-hybridized carbons (Fsp3) is 0.294. The molecule has 0 radical (unpaired) electrons. The maximum absolute atomic E-state index is 5.48. The Labute approximate surface area is 133 Å². The number of imidazole rings is 1. The van der Waals surface area contributed by atoms with Gasteiger partial charge in [-0.05, 0) is 6.42 Å². The van der Waals surface area contributed by atoms with E-state index in [4.69, 9.17) is 4.74 Å². The van der Waals surface area contributed by atoms with Gasteiger partial charge in [-0.1, -0.05) is 30.3 Å². The van der Waals surface area contributed by atoms with Gasteiger partial charge in [-0.25, -0.2) is 9.97 Å². The molecule has 0 spiro atoms. The van der Waals surface area contributed by atoms with E-state index in [1.807, 2.05) is 30.6 Å². The molecule has 1 atom stereocenters. The van der Waals surface area contributed by atoms with Crippen LogP contribution in [0.25, 0.3) is 10.6 Å². The largest absolute Gasteiger partial charge is 0.381 e. The summed E-state index contributed by atoms with van der Waals surface area (Å²) < 4.78 is 7.71. The van der Waals surface area contributed by atoms with Gasteiger partial charge in [-0.15, -0.1) is 11.3 Å². The van der Waals surface area contributed by atoms with Crippen LogP contribution in [0.2, 0.25) is 0 Å². The Hall–Kier alpha value is -1.98. The van der Waals surface area contributed by atoms with Crippen LogP contribution >= 0.6 is 11.3 Å². The van der Waals surface area contributed by atoms with Gasteiger partial charge in [-0.3, -0.25) is 0 Å². The highest BCUT2D eigenvalue weighted by Crippen LogP contribution is 2.28. The molecule has 4 rings (SSSR count). The zero-order valence-electron chi connectivity index (χ0n) is 12.2. The van der Waals surface area contributed by atoms with Crippen LogP contribution in [0.4, 0.5) is 0 Å². The molecule has 1 saturated heterocycles. The monoisotopic (exact) mass is 311 g/mol. The summed E-state index contributed by atoms with van der Waals surface area (Å²) in [5, 5.41) is 1.07. The van der Waals surface area contributed by atoms with Crippen molar-refractivity contribution in [3.8, 4) is 10.6 Å². The van der Waals surface area contributed by atoms with Crippen molar-refractivity contribution in [2.45, 2.75) is 18.9 Å². The van der Waals surface area contributed by atoms with Crippen molar-refractivity contribution >= 4 is 11.3 Å². The van der Waals surface area contributed by atoms with Gasteiger partial charge < -0.3 is 9.30 Å². The van der Waals surface area contributed by atoms with Crippen LogP contribution in [0.5, 0.6) is 0 Å². The molecule has 4 nitrogen and oxygen atoms in total. The third-order valence-corrected chi connectivity index (χ3v) is 4.97. The van der Waals surface area contributed by atoms with Crippen LogP contribution in [0.15, 0.2) is 48.9 Å². The first-order valence-electron chi connectivity index (χ1n) is 7.49. The third-order valence-electron chi connectivity index (χ3n) is 3.94. The molecule has 1 fully saturated rings. The Kier molecular flexibility index (Phi) is 3.74. The standard InChI is InChI=1S/C17H17N3OS/c1-2-4-13(5-3-1)17-19-10-15(22-17)11-20-8-7-18-16(20)14-6-9-21-12-14/h1-5,7-8,10,14H,6,9,11-12H2/t14-/m1/s1. The van der Waals surface area contributed by atoms with Crippen LogP contribution < -0.4 is 0 Å². The van der Waals surface area contributed by atoms with E-state index < -0.39 is 0 Å². The van der Waals surface area contributed by atoms with E-state index in [1.54, 1.807) is 11.3 Å². The smallest absolute Gasteiger partial charge is 0.123 e. The van der Waals surface area contributed by atoms with E-state index >= 15 is 0 Å². The number of ether oxygens (including phenoxy) is 1. The molecule has 1 aliphatic rings. The van der Waals surface area contributed by atoms with Gasteiger partial charge in [0.25, 0.3) is 0 Å². The average Bonchev–Trinajstić information content (AvgIpc) is 3.30. The van der Waals surface area contributed by atoms with Crippen LogP contribution in [0, 0.1) is 0 Å². The zero-order chi connectivity index (χ0) is 14.8. The van der Waals surface area contributed by atoms with E-state index in [9.17, 15) is 0 Å². The number of rotatable bonds is 4. The van der Waals surface area contributed by atoms with Crippen LogP contribution in [0.3, 0.4) is 0 Å². The summed E-state index contributed by atoms with van der Waals surface area (Å²) in [7, 11) is 0. The Morgan fingerprint density at radius 1 is 1.23 bits per heavy atom. The number of aromatic nitrogens is 3. The molecule has 0 aliphatic carbocycles. The molecule has 3 aromatic rings. The normalized spacial score (nSPS) is 17.9. The molecule has 0 saturated carbocycles. The summed E-state index contributed by atoms with van der Waals surface area (Å²) >= 11 is 1.74. The second kappa shape index (κ2) is 6.02. The quantitative estimate of drug-likeness (QED) is 0.739. The average molecular weight is 311 g/mol. The molecule has 112 valence electrons. The molecule has 0 unspecified atom stereocenters. The van der Waals surface area contributed by atoms with Crippen molar-refractivity contribution in [2.75, 3.05) is 13.2 Å². The fourth-order valence-electron chi connectivity index (χ4n) is 2.82. The van der Waals surface area contributed by atoms with Gasteiger partial charge in [-0.2, -0.15) is 0 Å². The Balaban J connectivity index is 1.55. The lowest BCUT2D eigenvalue weighted by molar-refractivity contribution is 0.192. The third kappa shape index (κ3) is 2.69. The minimum absolute atomic E-state index is 0.427. The molecular formula is C17H17N3OS. The topological polar surface area (TPSA) is 39.9 Å². The molecule has 5 heteroatoms. The first-order valence-corrected chi connectivity index (χ1v) is 8.31. The maximum atomic E-state index is 5.48. The van der Waals surface area contributed by atoms with Gasteiger partial charge in [0.1, 0.15) is 10.8 Å². The Bertz CT molecular complexity index is 744. The maximum Gasteiger partial charge on any atom is 0.123 e. The highest BCUT2D eigenvalue weighted by molar-refractivity contribution is 7.15. The highest BCUT2D eigenvalue weighted by atomic mass is 32.1. The molecule has 0 amide bonds. The fourth-order valence-corrected chi connectivity index (χ4v) is 3.73. The van der Waals surface area contributed by atoms with Crippen molar-refractivity contribution in [1.82, 2.24) is 14.5 Å². The molecular weight excluding hydrogens is 294 g/mol. The number of hydrogen-bond acceptors (Lipinski definition) is 4. The Morgan fingerprint density at radius 3 is 2.95 bits per heavy atom. The highest BCUT2D eigenvalue weighted by Gasteiger charge is 2.22. The van der Waals surface area contributed by atoms with Crippen LogP contribution in [-0.2, 0) is 11.3 Å². The molecule has 1 aliphatic heterocycles. The second-order valence-electron chi connectivity index (χ2n) is 5.47. The van der Waals surface area contributed by atoms with Crippen molar-refractivity contribution in [2.24, 2.45) is 0 Å². The summed E-state index contributed by atoms with van der Waals surface area (Å²) in [6.07, 6.45) is 6.97.